The normalized spacial score (nSPS) is 20.3. The SMILES string of the molecule is CC(=O)c1ccc2c(c1)CN(C(=O)c1cc3c(cc1C)NNC3CC1=NC(C)(C)CO1)C2. The fourth-order valence-corrected chi connectivity index (χ4v) is 4.62. The van der Waals surface area contributed by atoms with Gasteiger partial charge in [0.05, 0.1) is 17.3 Å². The summed E-state index contributed by atoms with van der Waals surface area (Å²) < 4.78 is 5.77. The number of carbonyl (C=O) groups excluding carboxylic acids is 2. The van der Waals surface area contributed by atoms with E-state index in [0.29, 0.717) is 37.2 Å². The Morgan fingerprint density at radius 1 is 1.19 bits per heavy atom. The third-order valence-corrected chi connectivity index (χ3v) is 6.40. The molecule has 7 nitrogen and oxygen atoms in total. The summed E-state index contributed by atoms with van der Waals surface area (Å²) in [5.41, 5.74) is 12.8. The molecule has 0 spiro atoms. The van der Waals surface area contributed by atoms with Crippen molar-refractivity contribution in [1.82, 2.24) is 10.3 Å². The lowest BCUT2D eigenvalue weighted by Crippen LogP contribution is -2.26. The van der Waals surface area contributed by atoms with Gasteiger partial charge in [-0.3, -0.25) is 9.59 Å². The molecule has 7 heteroatoms. The number of rotatable bonds is 4. The summed E-state index contributed by atoms with van der Waals surface area (Å²) in [7, 11) is 0. The lowest BCUT2D eigenvalue weighted by atomic mass is 9.97. The summed E-state index contributed by atoms with van der Waals surface area (Å²) in [5.74, 6) is 0.788. The Morgan fingerprint density at radius 2 is 1.97 bits per heavy atom. The summed E-state index contributed by atoms with van der Waals surface area (Å²) >= 11 is 0. The number of aryl methyl sites for hydroxylation is 1. The molecule has 2 aromatic carbocycles. The lowest BCUT2D eigenvalue weighted by Gasteiger charge is -2.18. The van der Waals surface area contributed by atoms with Gasteiger partial charge in [0.2, 0.25) is 0 Å². The van der Waals surface area contributed by atoms with Gasteiger partial charge in [-0.1, -0.05) is 12.1 Å². The van der Waals surface area contributed by atoms with Gasteiger partial charge in [-0.2, -0.15) is 0 Å². The molecule has 32 heavy (non-hydrogen) atoms. The third kappa shape index (κ3) is 3.66. The van der Waals surface area contributed by atoms with Crippen molar-refractivity contribution in [3.8, 4) is 0 Å². The number of fused-ring (bicyclic) bond motifs is 2. The van der Waals surface area contributed by atoms with Crippen molar-refractivity contribution >= 4 is 23.3 Å². The second-order valence-corrected chi connectivity index (χ2v) is 9.59. The van der Waals surface area contributed by atoms with Gasteiger partial charge in [0.25, 0.3) is 5.91 Å². The number of benzene rings is 2. The summed E-state index contributed by atoms with van der Waals surface area (Å²) in [5, 5.41) is 0. The first kappa shape index (κ1) is 20.7. The van der Waals surface area contributed by atoms with E-state index < -0.39 is 0 Å². The second kappa shape index (κ2) is 7.45. The van der Waals surface area contributed by atoms with Gasteiger partial charge in [0.15, 0.2) is 11.7 Å². The van der Waals surface area contributed by atoms with Crippen molar-refractivity contribution in [2.45, 2.75) is 58.8 Å². The van der Waals surface area contributed by atoms with Crippen LogP contribution in [-0.4, -0.2) is 34.6 Å². The first-order valence-corrected chi connectivity index (χ1v) is 11.0. The molecule has 1 amide bonds. The number of ketones is 1. The number of amides is 1. The van der Waals surface area contributed by atoms with Crippen molar-refractivity contribution in [1.29, 1.82) is 0 Å². The van der Waals surface area contributed by atoms with E-state index in [4.69, 9.17) is 4.74 Å². The van der Waals surface area contributed by atoms with E-state index in [-0.39, 0.29) is 23.3 Å². The van der Waals surface area contributed by atoms with Crippen LogP contribution in [-0.2, 0) is 17.8 Å². The number of Topliss-reactive ketones (excluding diaryl/α,β-unsaturated/α-hetero) is 1. The molecule has 2 aromatic rings. The van der Waals surface area contributed by atoms with Gasteiger partial charge in [0.1, 0.15) is 6.61 Å². The molecule has 0 radical (unpaired) electrons. The molecule has 0 saturated heterocycles. The topological polar surface area (TPSA) is 83.0 Å². The molecule has 0 bridgehead atoms. The molecule has 1 atom stereocenters. The number of nitrogens with zero attached hydrogens (tertiary/aromatic N) is 2. The van der Waals surface area contributed by atoms with E-state index in [1.807, 2.05) is 42.2 Å². The number of hydrazine groups is 1. The largest absolute Gasteiger partial charge is 0.478 e. The van der Waals surface area contributed by atoms with Gasteiger partial charge in [0, 0.05) is 30.6 Å². The highest BCUT2D eigenvalue weighted by atomic mass is 16.5. The number of hydrogen-bond acceptors (Lipinski definition) is 6. The first-order chi connectivity index (χ1) is 15.2. The van der Waals surface area contributed by atoms with Crippen LogP contribution in [0.3, 0.4) is 0 Å². The zero-order valence-corrected chi connectivity index (χ0v) is 18.9. The van der Waals surface area contributed by atoms with Gasteiger partial charge in [-0.05, 0) is 68.1 Å². The molecule has 3 aliphatic rings. The third-order valence-electron chi connectivity index (χ3n) is 6.40. The van der Waals surface area contributed by atoms with Gasteiger partial charge >= 0.3 is 0 Å². The van der Waals surface area contributed by atoms with Crippen LogP contribution in [0, 0.1) is 6.92 Å². The summed E-state index contributed by atoms with van der Waals surface area (Å²) in [6, 6.07) is 9.71. The number of nitrogens with one attached hydrogen (secondary N) is 2. The predicted octanol–water partition coefficient (Wildman–Crippen LogP) is 3.92. The highest BCUT2D eigenvalue weighted by Crippen LogP contribution is 2.35. The smallest absolute Gasteiger partial charge is 0.254 e. The minimum atomic E-state index is -0.189. The second-order valence-electron chi connectivity index (χ2n) is 9.59. The Morgan fingerprint density at radius 3 is 2.69 bits per heavy atom. The molecule has 0 saturated carbocycles. The van der Waals surface area contributed by atoms with Gasteiger partial charge in [-0.25, -0.2) is 10.4 Å². The molecule has 3 heterocycles. The van der Waals surface area contributed by atoms with Crippen molar-refractivity contribution in [3.63, 3.8) is 0 Å². The van der Waals surface area contributed by atoms with E-state index in [0.717, 1.165) is 33.8 Å². The molecule has 3 aliphatic heterocycles. The Labute approximate surface area is 187 Å². The maximum Gasteiger partial charge on any atom is 0.254 e. The first-order valence-electron chi connectivity index (χ1n) is 11.0. The van der Waals surface area contributed by atoms with E-state index in [1.165, 1.54) is 0 Å². The van der Waals surface area contributed by atoms with Gasteiger partial charge < -0.3 is 15.1 Å². The zero-order chi connectivity index (χ0) is 22.6. The maximum absolute atomic E-state index is 13.5. The van der Waals surface area contributed by atoms with Crippen molar-refractivity contribution < 1.29 is 14.3 Å². The average Bonchev–Trinajstić information content (AvgIpc) is 3.43. The van der Waals surface area contributed by atoms with Crippen LogP contribution in [0.5, 0.6) is 0 Å². The molecule has 0 fully saturated rings. The average molecular weight is 433 g/mol. The zero-order valence-electron chi connectivity index (χ0n) is 18.9. The Hall–Kier alpha value is -3.19. The van der Waals surface area contributed by atoms with Crippen LogP contribution < -0.4 is 10.9 Å². The minimum Gasteiger partial charge on any atom is -0.478 e. The standard InChI is InChI=1S/C25H28N4O3/c1-14-7-21-20(22(28-27-21)10-23-26-25(3,4)13-32-23)9-19(14)24(31)29-11-17-6-5-16(15(2)30)8-18(17)12-29/h5-9,22,27-28H,10-13H2,1-4H3. The van der Waals surface area contributed by atoms with Crippen molar-refractivity contribution in [2.75, 3.05) is 12.0 Å². The Kier molecular flexibility index (Phi) is 4.82. The van der Waals surface area contributed by atoms with Crippen molar-refractivity contribution in [3.05, 3.63) is 63.7 Å². The fourth-order valence-electron chi connectivity index (χ4n) is 4.62. The molecule has 2 N–H and O–H groups in total. The number of carbonyl (C=O) groups is 2. The number of anilines is 1. The number of hydrogen-bond donors (Lipinski definition) is 2. The molecule has 0 aliphatic carbocycles. The molecular weight excluding hydrogens is 404 g/mol. The molecule has 0 aromatic heterocycles. The maximum atomic E-state index is 13.5. The molecular formula is C25H28N4O3. The summed E-state index contributed by atoms with van der Waals surface area (Å²) in [4.78, 5) is 31.7. The van der Waals surface area contributed by atoms with Crippen LogP contribution in [0.25, 0.3) is 0 Å². The molecule has 166 valence electrons. The van der Waals surface area contributed by atoms with Crippen LogP contribution in [0.2, 0.25) is 0 Å². The van der Waals surface area contributed by atoms with E-state index in [1.54, 1.807) is 6.92 Å². The van der Waals surface area contributed by atoms with E-state index >= 15 is 0 Å². The highest BCUT2D eigenvalue weighted by molar-refractivity contribution is 5.97. The quantitative estimate of drug-likeness (QED) is 0.716. The lowest BCUT2D eigenvalue weighted by molar-refractivity contribution is 0.0750. The Balaban J connectivity index is 1.38. The number of ether oxygens (including phenoxy) is 1. The molecule has 5 rings (SSSR count). The number of aliphatic imine (C=N–C) groups is 1. The summed E-state index contributed by atoms with van der Waals surface area (Å²) in [6.45, 7) is 9.31. The van der Waals surface area contributed by atoms with Crippen LogP contribution in [0.4, 0.5) is 5.69 Å². The summed E-state index contributed by atoms with van der Waals surface area (Å²) in [6.07, 6.45) is 0.628. The van der Waals surface area contributed by atoms with Gasteiger partial charge in [-0.15, -0.1) is 0 Å². The van der Waals surface area contributed by atoms with Crippen LogP contribution in [0.15, 0.2) is 35.3 Å². The molecule has 1 unspecified atom stereocenters. The van der Waals surface area contributed by atoms with Crippen LogP contribution >= 0.6 is 0 Å². The minimum absolute atomic E-state index is 0.00659. The predicted molar refractivity (Wildman–Crippen MR) is 123 cm³/mol. The highest BCUT2D eigenvalue weighted by Gasteiger charge is 2.32. The van der Waals surface area contributed by atoms with Crippen molar-refractivity contribution in [2.24, 2.45) is 4.99 Å². The Bertz CT molecular complexity index is 1170. The van der Waals surface area contributed by atoms with Crippen LogP contribution in [0.1, 0.15) is 76.2 Å². The van der Waals surface area contributed by atoms with E-state index in [9.17, 15) is 9.59 Å². The van der Waals surface area contributed by atoms with E-state index in [2.05, 4.69) is 29.7 Å². The monoisotopic (exact) mass is 432 g/mol. The fraction of sp³-hybridized carbons (Fsp3) is 0.400.